The van der Waals surface area contributed by atoms with Crippen LogP contribution in [0.3, 0.4) is 0 Å². The second-order valence-corrected chi connectivity index (χ2v) is 5.66. The van der Waals surface area contributed by atoms with Crippen LogP contribution in [-0.2, 0) is 21.0 Å². The van der Waals surface area contributed by atoms with Crippen molar-refractivity contribution in [1.82, 2.24) is 0 Å². The Morgan fingerprint density at radius 3 is 2.33 bits per heavy atom. The summed E-state index contributed by atoms with van der Waals surface area (Å²) in [6, 6.07) is 4.04. The molecule has 1 rings (SSSR count). The third-order valence-corrected chi connectivity index (χ3v) is 2.60. The topological polar surface area (TPSA) is 34.1 Å². The zero-order valence-corrected chi connectivity index (χ0v) is 8.83. The third-order valence-electron chi connectivity index (χ3n) is 1.59. The monoisotopic (exact) mass is 258 g/mol. The predicted octanol–water partition coefficient (Wildman–Crippen LogP) is 2.77. The summed E-state index contributed by atoms with van der Waals surface area (Å²) in [5.41, 5.74) is -0.875. The Morgan fingerprint density at radius 2 is 1.87 bits per heavy atom. The van der Waals surface area contributed by atoms with Crippen molar-refractivity contribution in [3.8, 4) is 0 Å². The molecule has 0 radical (unpaired) electrons. The standard InChI is InChI=1S/C8H6ClF3O2S/c9-15(13,14)5-6-2-1-3-7(4-6)8(10,11)12/h1-4H,5H2. The van der Waals surface area contributed by atoms with Crippen LogP contribution in [-0.4, -0.2) is 8.42 Å². The number of benzene rings is 1. The summed E-state index contributed by atoms with van der Waals surface area (Å²) >= 11 is 0. The summed E-state index contributed by atoms with van der Waals surface area (Å²) in [7, 11) is 1.09. The first-order valence-corrected chi connectivity index (χ1v) is 6.25. The molecule has 0 spiro atoms. The maximum absolute atomic E-state index is 12.2. The van der Waals surface area contributed by atoms with Gasteiger partial charge in [-0.1, -0.05) is 18.2 Å². The van der Waals surface area contributed by atoms with Gasteiger partial charge < -0.3 is 0 Å². The number of halogens is 4. The van der Waals surface area contributed by atoms with Crippen LogP contribution in [0, 0.1) is 0 Å². The van der Waals surface area contributed by atoms with Crippen LogP contribution >= 0.6 is 10.7 Å². The minimum absolute atomic E-state index is 0.0137. The van der Waals surface area contributed by atoms with Gasteiger partial charge in [-0.25, -0.2) is 8.42 Å². The summed E-state index contributed by atoms with van der Waals surface area (Å²) in [4.78, 5) is 0. The second-order valence-electron chi connectivity index (χ2n) is 2.88. The minimum Gasteiger partial charge on any atom is -0.212 e. The maximum atomic E-state index is 12.2. The van der Waals surface area contributed by atoms with Crippen molar-refractivity contribution in [3.05, 3.63) is 35.4 Å². The van der Waals surface area contributed by atoms with E-state index in [1.54, 1.807) is 0 Å². The zero-order valence-electron chi connectivity index (χ0n) is 7.25. The average molecular weight is 259 g/mol. The highest BCUT2D eigenvalue weighted by molar-refractivity contribution is 8.13. The lowest BCUT2D eigenvalue weighted by molar-refractivity contribution is -0.137. The van der Waals surface area contributed by atoms with Crippen LogP contribution in [0.1, 0.15) is 11.1 Å². The lowest BCUT2D eigenvalue weighted by Crippen LogP contribution is -2.06. The van der Waals surface area contributed by atoms with Crippen LogP contribution in [0.5, 0.6) is 0 Å². The van der Waals surface area contributed by atoms with Gasteiger partial charge in [0.15, 0.2) is 0 Å². The van der Waals surface area contributed by atoms with Crippen molar-refractivity contribution < 1.29 is 21.6 Å². The first-order valence-electron chi connectivity index (χ1n) is 3.77. The summed E-state index contributed by atoms with van der Waals surface area (Å²) in [5.74, 6) is -0.613. The fourth-order valence-electron chi connectivity index (χ4n) is 1.04. The van der Waals surface area contributed by atoms with Crippen LogP contribution < -0.4 is 0 Å². The van der Waals surface area contributed by atoms with Gasteiger partial charge in [0.25, 0.3) is 0 Å². The minimum atomic E-state index is -4.48. The Kier molecular flexibility index (Phi) is 3.30. The SMILES string of the molecule is O=S(=O)(Cl)Cc1cccc(C(F)(F)F)c1. The van der Waals surface area contributed by atoms with Crippen molar-refractivity contribution in [1.29, 1.82) is 0 Å². The molecule has 0 amide bonds. The van der Waals surface area contributed by atoms with Crippen molar-refractivity contribution >= 4 is 19.7 Å². The molecule has 0 aliphatic carbocycles. The predicted molar refractivity (Wildman–Crippen MR) is 49.9 cm³/mol. The van der Waals surface area contributed by atoms with E-state index in [1.165, 1.54) is 6.07 Å². The molecule has 1 aromatic rings. The second kappa shape index (κ2) is 4.02. The van der Waals surface area contributed by atoms with E-state index in [9.17, 15) is 21.6 Å². The van der Waals surface area contributed by atoms with Crippen molar-refractivity contribution in [3.63, 3.8) is 0 Å². The van der Waals surface area contributed by atoms with E-state index >= 15 is 0 Å². The molecule has 0 saturated heterocycles. The molecule has 1 aromatic carbocycles. The summed E-state index contributed by atoms with van der Waals surface area (Å²) in [5, 5.41) is 0. The molecule has 0 N–H and O–H groups in total. The molecule has 0 atom stereocenters. The van der Waals surface area contributed by atoms with Gasteiger partial charge in [-0.2, -0.15) is 13.2 Å². The van der Waals surface area contributed by atoms with E-state index < -0.39 is 26.5 Å². The number of alkyl halides is 3. The first-order chi connectivity index (χ1) is 6.68. The van der Waals surface area contributed by atoms with Crippen molar-refractivity contribution in [2.45, 2.75) is 11.9 Å². The van der Waals surface area contributed by atoms with Gasteiger partial charge in [-0.15, -0.1) is 0 Å². The molecule has 84 valence electrons. The van der Waals surface area contributed by atoms with Crippen LogP contribution in [0.4, 0.5) is 13.2 Å². The summed E-state index contributed by atoms with van der Waals surface area (Å²) in [6.45, 7) is 0. The lowest BCUT2D eigenvalue weighted by atomic mass is 10.1. The lowest BCUT2D eigenvalue weighted by Gasteiger charge is -2.07. The molecule has 0 saturated carbocycles. The van der Waals surface area contributed by atoms with E-state index in [0.717, 1.165) is 18.2 Å². The Hall–Kier alpha value is -0.750. The van der Waals surface area contributed by atoms with E-state index in [1.807, 2.05) is 0 Å². The molecule has 7 heteroatoms. The van der Waals surface area contributed by atoms with Gasteiger partial charge in [-0.3, -0.25) is 0 Å². The normalized spacial score (nSPS) is 12.8. The highest BCUT2D eigenvalue weighted by atomic mass is 35.7. The number of rotatable bonds is 2. The summed E-state index contributed by atoms with van der Waals surface area (Å²) in [6.07, 6.45) is -4.48. The molecule has 0 heterocycles. The Bertz CT molecular complexity index is 453. The fraction of sp³-hybridized carbons (Fsp3) is 0.250. The van der Waals surface area contributed by atoms with Crippen LogP contribution in [0.2, 0.25) is 0 Å². The molecule has 15 heavy (non-hydrogen) atoms. The van der Waals surface area contributed by atoms with E-state index in [-0.39, 0.29) is 5.56 Å². The average Bonchev–Trinajstić information content (AvgIpc) is 1.99. The van der Waals surface area contributed by atoms with Gasteiger partial charge in [0.2, 0.25) is 9.05 Å². The van der Waals surface area contributed by atoms with Crippen LogP contribution in [0.25, 0.3) is 0 Å². The zero-order chi connectivity index (χ0) is 11.7. The van der Waals surface area contributed by atoms with E-state index in [2.05, 4.69) is 0 Å². The van der Waals surface area contributed by atoms with Crippen molar-refractivity contribution in [2.24, 2.45) is 0 Å². The molecule has 0 unspecified atom stereocenters. The largest absolute Gasteiger partial charge is 0.416 e. The first kappa shape index (κ1) is 12.3. The third kappa shape index (κ3) is 4.09. The number of hydrogen-bond donors (Lipinski definition) is 0. The highest BCUT2D eigenvalue weighted by Gasteiger charge is 2.30. The molecular formula is C8H6ClF3O2S. The van der Waals surface area contributed by atoms with E-state index in [0.29, 0.717) is 0 Å². The smallest absolute Gasteiger partial charge is 0.212 e. The molecule has 0 aromatic heterocycles. The molecule has 2 nitrogen and oxygen atoms in total. The Labute approximate surface area is 89.1 Å². The molecule has 0 bridgehead atoms. The quantitative estimate of drug-likeness (QED) is 0.765. The summed E-state index contributed by atoms with van der Waals surface area (Å²) < 4.78 is 57.9. The van der Waals surface area contributed by atoms with Gasteiger partial charge in [0, 0.05) is 10.7 Å². The van der Waals surface area contributed by atoms with Gasteiger partial charge in [-0.05, 0) is 11.6 Å². The number of hydrogen-bond acceptors (Lipinski definition) is 2. The maximum Gasteiger partial charge on any atom is 0.416 e. The fourth-order valence-corrected chi connectivity index (χ4v) is 1.99. The van der Waals surface area contributed by atoms with Crippen LogP contribution in [0.15, 0.2) is 24.3 Å². The molecule has 0 fully saturated rings. The van der Waals surface area contributed by atoms with Gasteiger partial charge >= 0.3 is 6.18 Å². The van der Waals surface area contributed by atoms with Gasteiger partial charge in [0.1, 0.15) is 0 Å². The van der Waals surface area contributed by atoms with Crippen molar-refractivity contribution in [2.75, 3.05) is 0 Å². The Morgan fingerprint density at radius 1 is 1.27 bits per heavy atom. The molecule has 0 aliphatic rings. The molecule has 0 aliphatic heterocycles. The highest BCUT2D eigenvalue weighted by Crippen LogP contribution is 2.29. The Balaban J connectivity index is 3.04. The molecular weight excluding hydrogens is 253 g/mol. The van der Waals surface area contributed by atoms with E-state index in [4.69, 9.17) is 10.7 Å². The van der Waals surface area contributed by atoms with Gasteiger partial charge in [0.05, 0.1) is 11.3 Å².